The first-order valence-electron chi connectivity index (χ1n) is 16.2. The van der Waals surface area contributed by atoms with Crippen LogP contribution >= 0.6 is 12.4 Å². The van der Waals surface area contributed by atoms with E-state index in [0.717, 1.165) is 61.9 Å². The third-order valence-corrected chi connectivity index (χ3v) is 8.77. The van der Waals surface area contributed by atoms with E-state index in [-0.39, 0.29) is 30.1 Å². The number of aromatic nitrogens is 1. The molecule has 4 aromatic rings. The topological polar surface area (TPSA) is 96.3 Å². The molecule has 0 unspecified atom stereocenters. The Bertz CT molecular complexity index is 1750. The van der Waals surface area contributed by atoms with Crippen LogP contribution in [0.5, 0.6) is 11.5 Å². The van der Waals surface area contributed by atoms with Crippen molar-refractivity contribution in [1.82, 2.24) is 14.4 Å². The normalized spacial score (nSPS) is 13.1. The minimum atomic E-state index is -0.269. The van der Waals surface area contributed by atoms with Gasteiger partial charge in [-0.05, 0) is 81.3 Å². The predicted molar refractivity (Wildman–Crippen MR) is 193 cm³/mol. The maximum absolute atomic E-state index is 13.7. The smallest absolute Gasteiger partial charge is 0.258 e. The van der Waals surface area contributed by atoms with E-state index in [1.807, 2.05) is 66.0 Å². The molecule has 2 heterocycles. The number of amides is 3. The van der Waals surface area contributed by atoms with Gasteiger partial charge in [-0.1, -0.05) is 18.2 Å². The van der Waals surface area contributed by atoms with Crippen molar-refractivity contribution in [2.75, 3.05) is 64.2 Å². The van der Waals surface area contributed by atoms with Crippen LogP contribution in [0.1, 0.15) is 52.0 Å². The first kappa shape index (κ1) is 36.3. The van der Waals surface area contributed by atoms with E-state index in [9.17, 15) is 14.4 Å². The molecule has 1 aromatic heterocycles. The monoisotopic (exact) mass is 675 g/mol. The third-order valence-electron chi connectivity index (χ3n) is 8.77. The minimum absolute atomic E-state index is 0. The number of nitrogens with one attached hydrogen (secondary N) is 1. The summed E-state index contributed by atoms with van der Waals surface area (Å²) in [7, 11) is 7.21. The number of methoxy groups -OCH3 is 1. The maximum Gasteiger partial charge on any atom is 0.258 e. The lowest BCUT2D eigenvalue weighted by atomic mass is 10.1. The number of hydrogen-bond donors (Lipinski definition) is 1. The largest absolute Gasteiger partial charge is 0.495 e. The van der Waals surface area contributed by atoms with Crippen LogP contribution in [0.15, 0.2) is 66.9 Å². The van der Waals surface area contributed by atoms with Crippen molar-refractivity contribution >= 4 is 52.4 Å². The maximum atomic E-state index is 13.7. The van der Waals surface area contributed by atoms with Gasteiger partial charge in [-0.15, -0.1) is 12.4 Å². The summed E-state index contributed by atoms with van der Waals surface area (Å²) >= 11 is 0. The van der Waals surface area contributed by atoms with E-state index in [1.165, 1.54) is 7.11 Å². The van der Waals surface area contributed by atoms with Crippen molar-refractivity contribution in [3.63, 3.8) is 0 Å². The summed E-state index contributed by atoms with van der Waals surface area (Å²) in [5, 5.41) is 3.92. The van der Waals surface area contributed by atoms with E-state index >= 15 is 0 Å². The summed E-state index contributed by atoms with van der Waals surface area (Å²) < 4.78 is 13.7. The minimum Gasteiger partial charge on any atom is -0.495 e. The number of piperazine rings is 1. The van der Waals surface area contributed by atoms with Gasteiger partial charge in [0, 0.05) is 63.8 Å². The van der Waals surface area contributed by atoms with E-state index in [2.05, 4.69) is 17.3 Å². The highest BCUT2D eigenvalue weighted by molar-refractivity contribution is 6.13. The number of carbonyl (C=O) groups is 3. The van der Waals surface area contributed by atoms with Gasteiger partial charge in [0.05, 0.1) is 36.2 Å². The molecule has 3 amide bonds. The number of ether oxygens (including phenoxy) is 2. The van der Waals surface area contributed by atoms with Gasteiger partial charge in [0.1, 0.15) is 11.5 Å². The summed E-state index contributed by atoms with van der Waals surface area (Å²) in [6, 6.07) is 18.3. The second-order valence-corrected chi connectivity index (χ2v) is 12.2. The number of aryl methyl sites for hydroxylation is 2. The van der Waals surface area contributed by atoms with Gasteiger partial charge >= 0.3 is 0 Å². The lowest BCUT2D eigenvalue weighted by molar-refractivity contribution is -0.132. The quantitative estimate of drug-likeness (QED) is 0.181. The van der Waals surface area contributed by atoms with Crippen LogP contribution in [0.2, 0.25) is 0 Å². The van der Waals surface area contributed by atoms with Crippen LogP contribution < -0.4 is 19.7 Å². The number of anilines is 2. The van der Waals surface area contributed by atoms with Crippen LogP contribution in [0.25, 0.3) is 10.9 Å². The van der Waals surface area contributed by atoms with Gasteiger partial charge in [0.15, 0.2) is 0 Å². The summed E-state index contributed by atoms with van der Waals surface area (Å²) in [6.07, 6.45) is 5.01. The number of halogens is 1. The van der Waals surface area contributed by atoms with E-state index in [4.69, 9.17) is 9.47 Å². The van der Waals surface area contributed by atoms with Crippen LogP contribution in [0.4, 0.5) is 11.4 Å². The number of para-hydroxylation sites is 1. The van der Waals surface area contributed by atoms with Gasteiger partial charge in [-0.25, -0.2) is 0 Å². The summed E-state index contributed by atoms with van der Waals surface area (Å²) in [5.74, 6) is 0.723. The Morgan fingerprint density at radius 1 is 0.896 bits per heavy atom. The number of carbonyl (C=O) groups excluding carboxylic acids is 3. The summed E-state index contributed by atoms with van der Waals surface area (Å²) in [5.41, 5.74) is 3.93. The number of hydrogen-bond acceptors (Lipinski definition) is 6. The second kappa shape index (κ2) is 16.5. The number of benzene rings is 3. The lowest BCUT2D eigenvalue weighted by Gasteiger charge is -2.32. The molecule has 1 aliphatic heterocycles. The zero-order valence-electron chi connectivity index (χ0n) is 28.5. The zero-order chi connectivity index (χ0) is 33.5. The first-order valence-corrected chi connectivity index (χ1v) is 16.2. The van der Waals surface area contributed by atoms with Gasteiger partial charge < -0.3 is 34.1 Å². The molecule has 256 valence electrons. The van der Waals surface area contributed by atoms with Crippen molar-refractivity contribution in [2.45, 2.75) is 32.6 Å². The first-order chi connectivity index (χ1) is 22.7. The van der Waals surface area contributed by atoms with Crippen molar-refractivity contribution in [3.8, 4) is 11.5 Å². The van der Waals surface area contributed by atoms with E-state index in [1.54, 1.807) is 36.2 Å². The lowest BCUT2D eigenvalue weighted by Crippen LogP contribution is -2.47. The summed E-state index contributed by atoms with van der Waals surface area (Å²) in [4.78, 5) is 45.2. The Morgan fingerprint density at radius 2 is 1.67 bits per heavy atom. The van der Waals surface area contributed by atoms with E-state index in [0.29, 0.717) is 47.0 Å². The molecule has 0 aliphatic carbocycles. The number of fused-ring (bicyclic) bond motifs is 1. The molecule has 0 radical (unpaired) electrons. The molecule has 3 aromatic carbocycles. The fourth-order valence-corrected chi connectivity index (χ4v) is 5.92. The van der Waals surface area contributed by atoms with Crippen LogP contribution in [0, 0.1) is 6.92 Å². The van der Waals surface area contributed by atoms with Crippen LogP contribution in [-0.4, -0.2) is 86.1 Å². The Balaban J connectivity index is 0.00000520. The van der Waals surface area contributed by atoms with Gasteiger partial charge in [-0.3, -0.25) is 14.4 Å². The SMILES string of the molecule is COc1cc(C(=O)N(C)c2ccc(C)cc2OCCCCCC(=O)N2CCN(C)CC2)ccc1NC(=O)c1cccc2ccn(C)c12.Cl. The standard InChI is InChI=1S/C37H45N5O5.ClH/c1-26-13-16-31(33(24-26)47-23-8-6-7-12-34(43)42-21-19-39(2)20-22-42)41(4)37(45)28-14-15-30(32(25-28)46-5)38-36(44)29-11-9-10-27-17-18-40(3)35(27)29;/h9-11,13-18,24-25H,6-8,12,19-23H2,1-5H3,(H,38,44);1H. The van der Waals surface area contributed by atoms with Gasteiger partial charge in [0.2, 0.25) is 5.91 Å². The Hall–Kier alpha value is -4.54. The van der Waals surface area contributed by atoms with Crippen LogP contribution in [0.3, 0.4) is 0 Å². The Morgan fingerprint density at radius 3 is 2.42 bits per heavy atom. The molecular weight excluding hydrogens is 630 g/mol. The van der Waals surface area contributed by atoms with E-state index < -0.39 is 0 Å². The average molecular weight is 676 g/mol. The van der Waals surface area contributed by atoms with Gasteiger partial charge in [-0.2, -0.15) is 0 Å². The number of unbranched alkanes of at least 4 members (excludes halogenated alkanes) is 2. The summed E-state index contributed by atoms with van der Waals surface area (Å²) in [6.45, 7) is 5.94. The highest BCUT2D eigenvalue weighted by Gasteiger charge is 2.21. The zero-order valence-corrected chi connectivity index (χ0v) is 29.3. The Labute approximate surface area is 289 Å². The molecule has 0 atom stereocenters. The van der Waals surface area contributed by atoms with Crippen molar-refractivity contribution in [2.24, 2.45) is 7.05 Å². The highest BCUT2D eigenvalue weighted by atomic mass is 35.5. The molecule has 1 aliphatic rings. The number of likely N-dealkylation sites (N-methyl/N-ethyl adjacent to an activating group) is 1. The molecule has 0 saturated carbocycles. The number of rotatable bonds is 12. The predicted octanol–water partition coefficient (Wildman–Crippen LogP) is 6.16. The van der Waals surface area contributed by atoms with Crippen molar-refractivity contribution in [1.29, 1.82) is 0 Å². The second-order valence-electron chi connectivity index (χ2n) is 12.2. The molecule has 11 heteroatoms. The average Bonchev–Trinajstić information content (AvgIpc) is 3.46. The molecule has 5 rings (SSSR count). The molecule has 0 bridgehead atoms. The van der Waals surface area contributed by atoms with Crippen molar-refractivity contribution in [3.05, 3.63) is 83.6 Å². The molecule has 10 nitrogen and oxygen atoms in total. The molecule has 0 spiro atoms. The molecule has 48 heavy (non-hydrogen) atoms. The third kappa shape index (κ3) is 8.48. The van der Waals surface area contributed by atoms with Crippen LogP contribution in [-0.2, 0) is 11.8 Å². The van der Waals surface area contributed by atoms with Crippen molar-refractivity contribution < 1.29 is 23.9 Å². The number of nitrogens with zero attached hydrogens (tertiary/aromatic N) is 4. The Kier molecular flexibility index (Phi) is 12.5. The van der Waals surface area contributed by atoms with Gasteiger partial charge in [0.25, 0.3) is 11.8 Å². The highest BCUT2D eigenvalue weighted by Crippen LogP contribution is 2.32. The fourth-order valence-electron chi connectivity index (χ4n) is 5.92. The molecule has 1 N–H and O–H groups in total. The molecular formula is C37H46ClN5O5. The molecule has 1 saturated heterocycles. The molecule has 1 fully saturated rings. The fraction of sp³-hybridized carbons (Fsp3) is 0.378.